The normalized spacial score (nSPS) is 19.9. The first-order valence-corrected chi connectivity index (χ1v) is 29.3. The Morgan fingerprint density at radius 2 is 0.873 bits per heavy atom. The second-order valence-electron chi connectivity index (χ2n) is 20.1. The van der Waals surface area contributed by atoms with E-state index in [1.807, 2.05) is 0 Å². The summed E-state index contributed by atoms with van der Waals surface area (Å²) in [5.74, 6) is -0.147. The quantitative estimate of drug-likeness (QED) is 0.0261. The third-order valence-electron chi connectivity index (χ3n) is 13.5. The second kappa shape index (κ2) is 50.9. The standard InChI is InChI=1S/C62H109NO8/c1-3-5-7-9-11-13-15-16-17-18-19-20-21-22-23-24-25-26-27-28-29-30-31-32-33-34-35-36-37-38-39-40-42-44-46-48-50-52-58(66)63-55(54-70-62-61(69)60(68)59(67)57(53-64)71-62)56(65)51-49-47-45-43-41-14-12-10-8-6-4-2/h5,7,11,13,16-17,19-20,22-23,25-26,28-29,55-57,59-62,64-65,67-69H,3-4,6,8-10,12,14-15,18,21,24,27,30-54H2,1-2H3,(H,63,66)/b7-5-,13-11-,17-16-,20-19-,23-22-,26-25-,29-28-. The fourth-order valence-corrected chi connectivity index (χ4v) is 8.91. The molecule has 1 aliphatic rings. The van der Waals surface area contributed by atoms with Crippen LogP contribution in [0.3, 0.4) is 0 Å². The van der Waals surface area contributed by atoms with Crippen LogP contribution in [0.5, 0.6) is 0 Å². The molecular formula is C62H109NO8. The predicted octanol–water partition coefficient (Wildman–Crippen LogP) is 14.6. The van der Waals surface area contributed by atoms with E-state index >= 15 is 0 Å². The maximum absolute atomic E-state index is 13.0. The highest BCUT2D eigenvalue weighted by Crippen LogP contribution is 2.23. The van der Waals surface area contributed by atoms with Crippen molar-refractivity contribution in [3.63, 3.8) is 0 Å². The van der Waals surface area contributed by atoms with Gasteiger partial charge in [0, 0.05) is 6.42 Å². The Morgan fingerprint density at radius 1 is 0.493 bits per heavy atom. The van der Waals surface area contributed by atoms with E-state index in [9.17, 15) is 30.3 Å². The zero-order chi connectivity index (χ0) is 51.5. The van der Waals surface area contributed by atoms with Crippen molar-refractivity contribution in [2.24, 2.45) is 0 Å². The van der Waals surface area contributed by atoms with Gasteiger partial charge in [-0.2, -0.15) is 0 Å². The van der Waals surface area contributed by atoms with Crippen molar-refractivity contribution in [2.45, 2.75) is 288 Å². The van der Waals surface area contributed by atoms with Crippen molar-refractivity contribution in [3.05, 3.63) is 85.1 Å². The fourth-order valence-electron chi connectivity index (χ4n) is 8.91. The summed E-state index contributed by atoms with van der Waals surface area (Å²) < 4.78 is 11.3. The lowest BCUT2D eigenvalue weighted by atomic mass is 9.99. The summed E-state index contributed by atoms with van der Waals surface area (Å²) in [4.78, 5) is 13.0. The lowest BCUT2D eigenvalue weighted by Crippen LogP contribution is -2.60. The first-order chi connectivity index (χ1) is 34.8. The van der Waals surface area contributed by atoms with Crippen LogP contribution in [-0.2, 0) is 14.3 Å². The molecule has 9 nitrogen and oxygen atoms in total. The average Bonchev–Trinajstić information content (AvgIpc) is 3.37. The number of hydrogen-bond donors (Lipinski definition) is 6. The van der Waals surface area contributed by atoms with Gasteiger partial charge < -0.3 is 40.3 Å². The van der Waals surface area contributed by atoms with Gasteiger partial charge >= 0.3 is 0 Å². The number of allylic oxidation sites excluding steroid dienone is 14. The molecule has 1 amide bonds. The number of unbranched alkanes of at least 4 members (excludes halogenated alkanes) is 25. The number of aliphatic hydroxyl groups is 5. The Kier molecular flexibility index (Phi) is 47.6. The molecule has 1 saturated heterocycles. The number of carbonyl (C=O) groups is 1. The van der Waals surface area contributed by atoms with Crippen LogP contribution in [0.2, 0.25) is 0 Å². The number of rotatable bonds is 49. The predicted molar refractivity (Wildman–Crippen MR) is 299 cm³/mol. The molecule has 1 fully saturated rings. The average molecular weight is 997 g/mol. The Morgan fingerprint density at radius 3 is 1.30 bits per heavy atom. The summed E-state index contributed by atoms with van der Waals surface area (Å²) in [5, 5.41) is 54.5. The van der Waals surface area contributed by atoms with Gasteiger partial charge in [0.05, 0.1) is 25.4 Å². The molecule has 0 aliphatic carbocycles. The molecule has 0 spiro atoms. The molecular weight excluding hydrogens is 887 g/mol. The zero-order valence-corrected chi connectivity index (χ0v) is 45.5. The molecule has 6 N–H and O–H groups in total. The molecule has 410 valence electrons. The fraction of sp³-hybridized carbons (Fsp3) is 0.758. The minimum atomic E-state index is -1.55. The third-order valence-corrected chi connectivity index (χ3v) is 13.5. The summed E-state index contributed by atoms with van der Waals surface area (Å²) in [7, 11) is 0. The summed E-state index contributed by atoms with van der Waals surface area (Å²) >= 11 is 0. The maximum atomic E-state index is 13.0. The first-order valence-electron chi connectivity index (χ1n) is 29.3. The van der Waals surface area contributed by atoms with E-state index in [-0.39, 0.29) is 12.5 Å². The molecule has 1 rings (SSSR count). The molecule has 0 radical (unpaired) electrons. The SMILES string of the molecule is CC/C=C\C/C=C\C/C=C\C/C=C\C/C=C\C/C=C\C/C=C\CCCCCCCCCCCCCCCCCC(=O)NC(COC1OC(CO)C(O)C(O)C1O)C(O)CCCCCCCCCCCCC. The van der Waals surface area contributed by atoms with E-state index in [4.69, 9.17) is 9.47 Å². The molecule has 0 saturated carbocycles. The molecule has 1 heterocycles. The van der Waals surface area contributed by atoms with Gasteiger partial charge in [0.2, 0.25) is 5.91 Å². The lowest BCUT2D eigenvalue weighted by Gasteiger charge is -2.40. The van der Waals surface area contributed by atoms with Crippen LogP contribution >= 0.6 is 0 Å². The minimum Gasteiger partial charge on any atom is -0.394 e. The molecule has 0 aromatic carbocycles. The Balaban J connectivity index is 2.08. The molecule has 7 unspecified atom stereocenters. The van der Waals surface area contributed by atoms with E-state index < -0.39 is 49.5 Å². The van der Waals surface area contributed by atoms with E-state index in [0.29, 0.717) is 12.8 Å². The molecule has 71 heavy (non-hydrogen) atoms. The highest BCUT2D eigenvalue weighted by Gasteiger charge is 2.44. The molecule has 7 atom stereocenters. The third kappa shape index (κ3) is 40.4. The van der Waals surface area contributed by atoms with Gasteiger partial charge in [-0.05, 0) is 70.6 Å². The Hall–Kier alpha value is -2.63. The number of carbonyl (C=O) groups excluding carboxylic acids is 1. The van der Waals surface area contributed by atoms with Crippen LogP contribution in [-0.4, -0.2) is 87.5 Å². The monoisotopic (exact) mass is 996 g/mol. The van der Waals surface area contributed by atoms with Gasteiger partial charge in [-0.25, -0.2) is 0 Å². The summed E-state index contributed by atoms with van der Waals surface area (Å²) in [5.41, 5.74) is 0. The van der Waals surface area contributed by atoms with Gasteiger partial charge in [-0.1, -0.05) is 253 Å². The minimum absolute atomic E-state index is 0.140. The topological polar surface area (TPSA) is 149 Å². The molecule has 9 heteroatoms. The Labute approximate surface area is 435 Å². The largest absolute Gasteiger partial charge is 0.394 e. The van der Waals surface area contributed by atoms with Crippen molar-refractivity contribution in [2.75, 3.05) is 13.2 Å². The number of amides is 1. The summed E-state index contributed by atoms with van der Waals surface area (Å²) in [6, 6.07) is -0.721. The van der Waals surface area contributed by atoms with E-state index in [0.717, 1.165) is 83.5 Å². The van der Waals surface area contributed by atoms with Gasteiger partial charge in [0.1, 0.15) is 24.4 Å². The van der Waals surface area contributed by atoms with Crippen molar-refractivity contribution in [1.29, 1.82) is 0 Å². The Bertz CT molecular complexity index is 1390. The molecule has 1 aliphatic heterocycles. The van der Waals surface area contributed by atoms with Crippen molar-refractivity contribution in [1.82, 2.24) is 5.32 Å². The van der Waals surface area contributed by atoms with Crippen LogP contribution in [0.4, 0.5) is 0 Å². The molecule has 0 aromatic rings. The number of ether oxygens (including phenoxy) is 2. The van der Waals surface area contributed by atoms with Crippen LogP contribution in [0.25, 0.3) is 0 Å². The van der Waals surface area contributed by atoms with Crippen molar-refractivity contribution < 1.29 is 39.8 Å². The number of aliphatic hydroxyl groups excluding tert-OH is 5. The van der Waals surface area contributed by atoms with Crippen molar-refractivity contribution >= 4 is 5.91 Å². The highest BCUT2D eigenvalue weighted by atomic mass is 16.7. The molecule has 0 bridgehead atoms. The maximum Gasteiger partial charge on any atom is 0.220 e. The van der Waals surface area contributed by atoms with E-state index in [1.165, 1.54) is 135 Å². The van der Waals surface area contributed by atoms with Gasteiger partial charge in [-0.15, -0.1) is 0 Å². The van der Waals surface area contributed by atoms with Gasteiger partial charge in [0.25, 0.3) is 0 Å². The van der Waals surface area contributed by atoms with Crippen molar-refractivity contribution in [3.8, 4) is 0 Å². The van der Waals surface area contributed by atoms with Gasteiger partial charge in [-0.3, -0.25) is 4.79 Å². The first kappa shape index (κ1) is 66.4. The van der Waals surface area contributed by atoms with Crippen LogP contribution in [0.15, 0.2) is 85.1 Å². The lowest BCUT2D eigenvalue weighted by molar-refractivity contribution is -0.302. The van der Waals surface area contributed by atoms with Crippen LogP contribution in [0, 0.1) is 0 Å². The summed E-state index contributed by atoms with van der Waals surface area (Å²) in [6.07, 6.45) is 64.8. The number of nitrogens with one attached hydrogen (secondary N) is 1. The van der Waals surface area contributed by atoms with E-state index in [2.05, 4.69) is 104 Å². The smallest absolute Gasteiger partial charge is 0.220 e. The molecule has 0 aromatic heterocycles. The van der Waals surface area contributed by atoms with Gasteiger partial charge in [0.15, 0.2) is 6.29 Å². The van der Waals surface area contributed by atoms with Crippen LogP contribution < -0.4 is 5.32 Å². The highest BCUT2D eigenvalue weighted by molar-refractivity contribution is 5.76. The number of hydrogen-bond acceptors (Lipinski definition) is 8. The van der Waals surface area contributed by atoms with E-state index in [1.54, 1.807) is 0 Å². The second-order valence-corrected chi connectivity index (χ2v) is 20.1. The van der Waals surface area contributed by atoms with Crippen LogP contribution in [0.1, 0.15) is 245 Å². The zero-order valence-electron chi connectivity index (χ0n) is 45.5. The summed E-state index contributed by atoms with van der Waals surface area (Å²) in [6.45, 7) is 3.71.